The van der Waals surface area contributed by atoms with Crippen LogP contribution >= 0.6 is 0 Å². The summed E-state index contributed by atoms with van der Waals surface area (Å²) in [6.45, 7) is 1.24. The van der Waals surface area contributed by atoms with Gasteiger partial charge in [-0.25, -0.2) is 15.0 Å². The van der Waals surface area contributed by atoms with Crippen LogP contribution < -0.4 is 5.73 Å². The highest BCUT2D eigenvalue weighted by molar-refractivity contribution is 5.06. The van der Waals surface area contributed by atoms with Crippen molar-refractivity contribution in [2.45, 2.75) is 12.6 Å². The predicted molar refractivity (Wildman–Crippen MR) is 68.5 cm³/mol. The van der Waals surface area contributed by atoms with E-state index in [1.807, 2.05) is 30.9 Å². The van der Waals surface area contributed by atoms with Crippen molar-refractivity contribution in [1.29, 1.82) is 0 Å². The van der Waals surface area contributed by atoms with Crippen LogP contribution in [0.25, 0.3) is 0 Å². The lowest BCUT2D eigenvalue weighted by Crippen LogP contribution is -2.31. The molecule has 6 nitrogen and oxygen atoms in total. The van der Waals surface area contributed by atoms with Crippen LogP contribution in [0.3, 0.4) is 0 Å². The van der Waals surface area contributed by atoms with Gasteiger partial charge in [-0.3, -0.25) is 4.90 Å². The van der Waals surface area contributed by atoms with Crippen molar-refractivity contribution in [3.63, 3.8) is 0 Å². The molecule has 2 heterocycles. The van der Waals surface area contributed by atoms with E-state index in [0.29, 0.717) is 6.54 Å². The molecule has 0 amide bonds. The Balaban J connectivity index is 2.11. The Hall–Kier alpha value is -1.79. The number of hydrogen-bond donors (Lipinski definition) is 1. The van der Waals surface area contributed by atoms with Gasteiger partial charge in [0.2, 0.25) is 0 Å². The van der Waals surface area contributed by atoms with Gasteiger partial charge in [0.25, 0.3) is 0 Å². The van der Waals surface area contributed by atoms with Crippen molar-refractivity contribution < 1.29 is 0 Å². The zero-order chi connectivity index (χ0) is 13.0. The first kappa shape index (κ1) is 12.7. The fraction of sp³-hybridized carbons (Fsp3) is 0.417. The fourth-order valence-electron chi connectivity index (χ4n) is 1.91. The van der Waals surface area contributed by atoms with Gasteiger partial charge in [0.05, 0.1) is 18.3 Å². The molecule has 0 aliphatic carbocycles. The zero-order valence-corrected chi connectivity index (χ0v) is 10.7. The molecule has 0 aliphatic rings. The number of aromatic nitrogens is 4. The van der Waals surface area contributed by atoms with E-state index < -0.39 is 0 Å². The number of hydrogen-bond acceptors (Lipinski definition) is 5. The molecule has 18 heavy (non-hydrogen) atoms. The maximum absolute atomic E-state index is 5.84. The summed E-state index contributed by atoms with van der Waals surface area (Å²) in [6.07, 6.45) is 7.02. The average molecular weight is 246 g/mol. The Morgan fingerprint density at radius 1 is 1.39 bits per heavy atom. The van der Waals surface area contributed by atoms with Crippen LogP contribution in [-0.4, -0.2) is 38.0 Å². The molecule has 6 heteroatoms. The van der Waals surface area contributed by atoms with Gasteiger partial charge in [-0.15, -0.1) is 0 Å². The highest BCUT2D eigenvalue weighted by Crippen LogP contribution is 2.16. The summed E-state index contributed by atoms with van der Waals surface area (Å²) >= 11 is 0. The SMILES string of the molecule is CN(Cc1nccn1C)C(CN)c1ccncn1. The van der Waals surface area contributed by atoms with Gasteiger partial charge in [0, 0.05) is 32.2 Å². The summed E-state index contributed by atoms with van der Waals surface area (Å²) in [7, 11) is 4.01. The Kier molecular flexibility index (Phi) is 4.01. The van der Waals surface area contributed by atoms with Gasteiger partial charge in [-0.2, -0.15) is 0 Å². The lowest BCUT2D eigenvalue weighted by atomic mass is 10.2. The average Bonchev–Trinajstić information content (AvgIpc) is 2.77. The summed E-state index contributed by atoms with van der Waals surface area (Å²) in [5, 5.41) is 0. The molecule has 96 valence electrons. The van der Waals surface area contributed by atoms with Gasteiger partial charge in [-0.05, 0) is 13.1 Å². The third kappa shape index (κ3) is 2.72. The molecule has 0 saturated carbocycles. The van der Waals surface area contributed by atoms with Crippen LogP contribution in [0.4, 0.5) is 0 Å². The molecule has 2 aromatic heterocycles. The zero-order valence-electron chi connectivity index (χ0n) is 10.7. The van der Waals surface area contributed by atoms with Crippen LogP contribution in [0, 0.1) is 0 Å². The lowest BCUT2D eigenvalue weighted by Gasteiger charge is -2.25. The first-order chi connectivity index (χ1) is 8.72. The quantitative estimate of drug-likeness (QED) is 0.823. The first-order valence-electron chi connectivity index (χ1n) is 5.84. The van der Waals surface area contributed by atoms with Crippen molar-refractivity contribution >= 4 is 0 Å². The van der Waals surface area contributed by atoms with Crippen molar-refractivity contribution in [3.05, 3.63) is 42.5 Å². The van der Waals surface area contributed by atoms with Crippen molar-refractivity contribution in [2.75, 3.05) is 13.6 Å². The molecule has 0 saturated heterocycles. The number of likely N-dealkylation sites (N-methyl/N-ethyl adjacent to an activating group) is 1. The maximum atomic E-state index is 5.84. The molecule has 2 rings (SSSR count). The Morgan fingerprint density at radius 3 is 2.78 bits per heavy atom. The molecule has 0 spiro atoms. The third-order valence-electron chi connectivity index (χ3n) is 3.01. The summed E-state index contributed by atoms with van der Waals surface area (Å²) < 4.78 is 2.00. The standard InChI is InChI=1S/C12H18N6/c1-17-6-5-15-12(17)8-18(2)11(7-13)10-3-4-14-9-16-10/h3-6,9,11H,7-8,13H2,1-2H3. The summed E-state index contributed by atoms with van der Waals surface area (Å²) in [5.74, 6) is 1.00. The first-order valence-corrected chi connectivity index (χ1v) is 5.84. The van der Waals surface area contributed by atoms with Crippen LogP contribution in [0.15, 0.2) is 31.0 Å². The normalized spacial score (nSPS) is 12.9. The second-order valence-corrected chi connectivity index (χ2v) is 4.26. The predicted octanol–water partition coefficient (Wildman–Crippen LogP) is 0.342. The molecule has 0 radical (unpaired) electrons. The van der Waals surface area contributed by atoms with Gasteiger partial charge >= 0.3 is 0 Å². The van der Waals surface area contributed by atoms with Crippen molar-refractivity contribution in [2.24, 2.45) is 12.8 Å². The molecule has 2 aromatic rings. The minimum atomic E-state index is 0.0738. The molecule has 0 aliphatic heterocycles. The smallest absolute Gasteiger partial charge is 0.122 e. The monoisotopic (exact) mass is 246 g/mol. The van der Waals surface area contributed by atoms with Crippen LogP contribution in [0.1, 0.15) is 17.6 Å². The Bertz CT molecular complexity index is 480. The second kappa shape index (κ2) is 5.70. The van der Waals surface area contributed by atoms with E-state index >= 15 is 0 Å². The molecular formula is C12H18N6. The summed E-state index contributed by atoms with van der Waals surface area (Å²) in [5.41, 5.74) is 6.78. The highest BCUT2D eigenvalue weighted by Gasteiger charge is 2.18. The number of nitrogens with zero attached hydrogens (tertiary/aromatic N) is 5. The second-order valence-electron chi connectivity index (χ2n) is 4.26. The summed E-state index contributed by atoms with van der Waals surface area (Å²) in [4.78, 5) is 14.6. The summed E-state index contributed by atoms with van der Waals surface area (Å²) in [6, 6.07) is 1.97. The van der Waals surface area contributed by atoms with E-state index in [9.17, 15) is 0 Å². The third-order valence-corrected chi connectivity index (χ3v) is 3.01. The van der Waals surface area contributed by atoms with E-state index in [1.165, 1.54) is 0 Å². The fourth-order valence-corrected chi connectivity index (χ4v) is 1.91. The van der Waals surface area contributed by atoms with E-state index in [1.54, 1.807) is 18.7 Å². The van der Waals surface area contributed by atoms with E-state index in [4.69, 9.17) is 5.73 Å². The van der Waals surface area contributed by atoms with E-state index in [2.05, 4.69) is 19.9 Å². The lowest BCUT2D eigenvalue weighted by molar-refractivity contribution is 0.229. The number of rotatable bonds is 5. The molecule has 1 unspecified atom stereocenters. The minimum Gasteiger partial charge on any atom is -0.337 e. The molecule has 0 fully saturated rings. The molecule has 2 N–H and O–H groups in total. The molecular weight excluding hydrogens is 228 g/mol. The highest BCUT2D eigenvalue weighted by atomic mass is 15.2. The van der Waals surface area contributed by atoms with Crippen LogP contribution in [0.5, 0.6) is 0 Å². The molecule has 1 atom stereocenters. The topological polar surface area (TPSA) is 72.9 Å². The minimum absolute atomic E-state index is 0.0738. The maximum Gasteiger partial charge on any atom is 0.122 e. The van der Waals surface area contributed by atoms with Crippen LogP contribution in [-0.2, 0) is 13.6 Å². The number of imidazole rings is 1. The number of nitrogens with two attached hydrogens (primary N) is 1. The number of aryl methyl sites for hydroxylation is 1. The van der Waals surface area contributed by atoms with E-state index in [-0.39, 0.29) is 6.04 Å². The molecule has 0 aromatic carbocycles. The van der Waals surface area contributed by atoms with Gasteiger partial charge in [0.1, 0.15) is 12.2 Å². The van der Waals surface area contributed by atoms with Gasteiger partial charge in [0.15, 0.2) is 0 Å². The van der Waals surface area contributed by atoms with Gasteiger partial charge in [-0.1, -0.05) is 0 Å². The molecule has 0 bridgehead atoms. The van der Waals surface area contributed by atoms with Crippen molar-refractivity contribution in [1.82, 2.24) is 24.4 Å². The Labute approximate surface area is 106 Å². The van der Waals surface area contributed by atoms with Crippen molar-refractivity contribution in [3.8, 4) is 0 Å². The van der Waals surface area contributed by atoms with Gasteiger partial charge < -0.3 is 10.3 Å². The Morgan fingerprint density at radius 2 is 2.22 bits per heavy atom. The van der Waals surface area contributed by atoms with E-state index in [0.717, 1.165) is 18.1 Å². The van der Waals surface area contributed by atoms with Crippen LogP contribution in [0.2, 0.25) is 0 Å². The largest absolute Gasteiger partial charge is 0.337 e.